The highest BCUT2D eigenvalue weighted by atomic mass is 79.9. The van der Waals surface area contributed by atoms with E-state index in [0.717, 1.165) is 4.47 Å². The van der Waals surface area contributed by atoms with Gasteiger partial charge in [-0.2, -0.15) is 5.10 Å². The predicted molar refractivity (Wildman–Crippen MR) is 127 cm³/mol. The van der Waals surface area contributed by atoms with Crippen LogP contribution in [0.25, 0.3) is 0 Å². The molecule has 3 aromatic rings. The topological polar surface area (TPSA) is 95.5 Å². The lowest BCUT2D eigenvalue weighted by molar-refractivity contribution is 0.0734. The molecule has 1 amide bonds. The first-order valence-corrected chi connectivity index (χ1v) is 10.5. The maximum atomic E-state index is 12.6. The third-order valence-corrected chi connectivity index (χ3v) is 4.97. The quantitative estimate of drug-likeness (QED) is 0.207. The van der Waals surface area contributed by atoms with E-state index < -0.39 is 11.9 Å². The van der Waals surface area contributed by atoms with E-state index in [2.05, 4.69) is 26.5 Å². The molecule has 0 radical (unpaired) electrons. The van der Waals surface area contributed by atoms with Crippen LogP contribution in [0, 0.1) is 0 Å². The number of amides is 1. The number of nitrogens with zero attached hydrogens (tertiary/aromatic N) is 1. The van der Waals surface area contributed by atoms with Gasteiger partial charge in [-0.15, -0.1) is 0 Å². The van der Waals surface area contributed by atoms with Gasteiger partial charge in [0.15, 0.2) is 11.5 Å². The first-order valence-electron chi connectivity index (χ1n) is 9.67. The molecule has 9 heteroatoms. The molecule has 0 atom stereocenters. The van der Waals surface area contributed by atoms with E-state index >= 15 is 0 Å². The number of carbonyl (C=O) groups is 2. The van der Waals surface area contributed by atoms with Crippen LogP contribution in [0.5, 0.6) is 23.0 Å². The lowest BCUT2D eigenvalue weighted by atomic mass is 10.1. The summed E-state index contributed by atoms with van der Waals surface area (Å²) in [4.78, 5) is 25.0. The Morgan fingerprint density at radius 2 is 1.52 bits per heavy atom. The maximum Gasteiger partial charge on any atom is 0.343 e. The number of hydrogen-bond acceptors (Lipinski definition) is 7. The molecule has 0 aromatic heterocycles. The van der Waals surface area contributed by atoms with Crippen LogP contribution in [0.15, 0.2) is 70.2 Å². The Kier molecular flexibility index (Phi) is 8.04. The van der Waals surface area contributed by atoms with E-state index in [4.69, 9.17) is 18.9 Å². The molecule has 0 unspecified atom stereocenters. The molecular formula is C24H21BrN2O6. The molecule has 3 aromatic carbocycles. The molecule has 33 heavy (non-hydrogen) atoms. The second-order valence-corrected chi connectivity index (χ2v) is 7.47. The second kappa shape index (κ2) is 11.1. The van der Waals surface area contributed by atoms with E-state index in [0.29, 0.717) is 28.4 Å². The molecular weight excluding hydrogens is 492 g/mol. The third kappa shape index (κ3) is 5.89. The zero-order valence-corrected chi connectivity index (χ0v) is 19.7. The van der Waals surface area contributed by atoms with Gasteiger partial charge in [-0.1, -0.05) is 34.1 Å². The molecule has 0 aliphatic rings. The fourth-order valence-corrected chi connectivity index (χ4v) is 3.26. The van der Waals surface area contributed by atoms with Gasteiger partial charge in [0.2, 0.25) is 5.75 Å². The number of nitrogens with one attached hydrogen (secondary N) is 1. The van der Waals surface area contributed by atoms with Crippen molar-refractivity contribution in [1.29, 1.82) is 0 Å². The van der Waals surface area contributed by atoms with Crippen molar-refractivity contribution in [3.63, 3.8) is 0 Å². The zero-order valence-electron chi connectivity index (χ0n) is 18.1. The molecule has 3 rings (SSSR count). The van der Waals surface area contributed by atoms with Crippen molar-refractivity contribution in [3.8, 4) is 23.0 Å². The third-order valence-electron chi connectivity index (χ3n) is 4.48. The van der Waals surface area contributed by atoms with Crippen molar-refractivity contribution in [2.45, 2.75) is 0 Å². The molecule has 0 aliphatic heterocycles. The standard InChI is InChI=1S/C24H21BrN2O6/c1-30-20-12-16(13-21(31-2)22(20)32-3)23(28)27-26-14-17-11-18(25)9-10-19(17)33-24(29)15-7-5-4-6-8-15/h4-14H,1-3H3,(H,27,28). The number of halogens is 1. The van der Waals surface area contributed by atoms with Crippen LogP contribution in [-0.2, 0) is 0 Å². The number of esters is 1. The van der Waals surface area contributed by atoms with Gasteiger partial charge in [-0.3, -0.25) is 4.79 Å². The van der Waals surface area contributed by atoms with Gasteiger partial charge < -0.3 is 18.9 Å². The Bertz CT molecular complexity index is 1160. The van der Waals surface area contributed by atoms with Crippen LogP contribution in [-0.4, -0.2) is 39.4 Å². The molecule has 0 aliphatic carbocycles. The Morgan fingerprint density at radius 1 is 0.848 bits per heavy atom. The summed E-state index contributed by atoms with van der Waals surface area (Å²) in [7, 11) is 4.40. The van der Waals surface area contributed by atoms with Crippen molar-refractivity contribution >= 4 is 34.0 Å². The number of carbonyl (C=O) groups excluding carboxylic acids is 2. The van der Waals surface area contributed by atoms with Crippen LogP contribution in [0.1, 0.15) is 26.3 Å². The summed E-state index contributed by atoms with van der Waals surface area (Å²) in [5.74, 6) is 0.343. The average Bonchev–Trinajstić information content (AvgIpc) is 2.84. The highest BCUT2D eigenvalue weighted by molar-refractivity contribution is 9.10. The van der Waals surface area contributed by atoms with E-state index in [1.165, 1.54) is 39.7 Å². The van der Waals surface area contributed by atoms with Crippen molar-refractivity contribution in [2.24, 2.45) is 5.10 Å². The Morgan fingerprint density at radius 3 is 2.12 bits per heavy atom. The van der Waals surface area contributed by atoms with Crippen molar-refractivity contribution < 1.29 is 28.5 Å². The molecule has 0 fully saturated rings. The molecule has 0 saturated carbocycles. The normalized spacial score (nSPS) is 10.5. The summed E-state index contributed by atoms with van der Waals surface area (Å²) in [6, 6.07) is 16.7. The van der Waals surface area contributed by atoms with Gasteiger partial charge in [0, 0.05) is 15.6 Å². The predicted octanol–water partition coefficient (Wildman–Crippen LogP) is 4.46. The molecule has 170 valence electrons. The summed E-state index contributed by atoms with van der Waals surface area (Å²) in [5, 5.41) is 4.00. The Balaban J connectivity index is 1.78. The summed E-state index contributed by atoms with van der Waals surface area (Å²) in [5.41, 5.74) is 3.60. The van der Waals surface area contributed by atoms with Gasteiger partial charge in [0.1, 0.15) is 5.75 Å². The minimum atomic E-state index is -0.506. The van der Waals surface area contributed by atoms with Crippen LogP contribution < -0.4 is 24.4 Å². The van der Waals surface area contributed by atoms with Crippen molar-refractivity contribution in [3.05, 3.63) is 81.8 Å². The summed E-state index contributed by atoms with van der Waals surface area (Å²) >= 11 is 3.38. The highest BCUT2D eigenvalue weighted by Crippen LogP contribution is 2.38. The second-order valence-electron chi connectivity index (χ2n) is 6.55. The number of benzene rings is 3. The van der Waals surface area contributed by atoms with Gasteiger partial charge in [-0.05, 0) is 42.5 Å². The molecule has 0 bridgehead atoms. The monoisotopic (exact) mass is 512 g/mol. The minimum absolute atomic E-state index is 0.256. The zero-order chi connectivity index (χ0) is 23.8. The SMILES string of the molecule is COc1cc(C(=O)NN=Cc2cc(Br)ccc2OC(=O)c2ccccc2)cc(OC)c1OC. The smallest absolute Gasteiger partial charge is 0.343 e. The maximum absolute atomic E-state index is 12.6. The summed E-state index contributed by atoms with van der Waals surface area (Å²) in [6.45, 7) is 0. The van der Waals surface area contributed by atoms with Crippen molar-refractivity contribution in [2.75, 3.05) is 21.3 Å². The largest absolute Gasteiger partial charge is 0.493 e. The molecule has 0 saturated heterocycles. The first kappa shape index (κ1) is 23.8. The number of ether oxygens (including phenoxy) is 4. The summed E-state index contributed by atoms with van der Waals surface area (Å²) in [6.07, 6.45) is 1.38. The lowest BCUT2D eigenvalue weighted by Crippen LogP contribution is -2.18. The summed E-state index contributed by atoms with van der Waals surface area (Å²) < 4.78 is 22.1. The van der Waals surface area contributed by atoms with Gasteiger partial charge in [-0.25, -0.2) is 10.2 Å². The van der Waals surface area contributed by atoms with Crippen LogP contribution in [0.2, 0.25) is 0 Å². The number of methoxy groups -OCH3 is 3. The molecule has 8 nitrogen and oxygen atoms in total. The number of hydrogen-bond donors (Lipinski definition) is 1. The Labute approximate surface area is 199 Å². The number of rotatable bonds is 8. The molecule has 0 heterocycles. The molecule has 0 spiro atoms. The van der Waals surface area contributed by atoms with E-state index in [-0.39, 0.29) is 11.3 Å². The van der Waals surface area contributed by atoms with E-state index in [9.17, 15) is 9.59 Å². The fraction of sp³-hybridized carbons (Fsp3) is 0.125. The molecule has 1 N–H and O–H groups in total. The average molecular weight is 513 g/mol. The van der Waals surface area contributed by atoms with Gasteiger partial charge >= 0.3 is 5.97 Å². The number of hydrazone groups is 1. The lowest BCUT2D eigenvalue weighted by Gasteiger charge is -2.13. The fourth-order valence-electron chi connectivity index (χ4n) is 2.88. The first-order chi connectivity index (χ1) is 16.0. The van der Waals surface area contributed by atoms with Crippen LogP contribution >= 0.6 is 15.9 Å². The minimum Gasteiger partial charge on any atom is -0.493 e. The highest BCUT2D eigenvalue weighted by Gasteiger charge is 2.17. The van der Waals surface area contributed by atoms with Gasteiger partial charge in [0.05, 0.1) is 33.1 Å². The van der Waals surface area contributed by atoms with Gasteiger partial charge in [0.25, 0.3) is 5.91 Å². The van der Waals surface area contributed by atoms with Crippen LogP contribution in [0.3, 0.4) is 0 Å². The van der Waals surface area contributed by atoms with E-state index in [1.807, 2.05) is 6.07 Å². The van der Waals surface area contributed by atoms with Crippen molar-refractivity contribution in [1.82, 2.24) is 5.43 Å². The Hall–Kier alpha value is -3.85. The van der Waals surface area contributed by atoms with Crippen LogP contribution in [0.4, 0.5) is 0 Å². The van der Waals surface area contributed by atoms with E-state index in [1.54, 1.807) is 42.5 Å².